The standard InChI is InChI=1S/C18H19FN2O3S/c19-16-4-3-5-17(12-16)20-18(22)15-8-6-14(7-9-15)13-25(23,24)21-10-1-2-11-21/h3-9,12H,1-2,10-11,13H2,(H,20,22). The minimum atomic E-state index is -3.31. The largest absolute Gasteiger partial charge is 0.322 e. The molecule has 1 heterocycles. The number of hydrogen-bond acceptors (Lipinski definition) is 3. The van der Waals surface area contributed by atoms with E-state index in [9.17, 15) is 17.6 Å². The van der Waals surface area contributed by atoms with Gasteiger partial charge < -0.3 is 5.32 Å². The number of sulfonamides is 1. The molecule has 0 aromatic heterocycles. The zero-order valence-corrected chi connectivity index (χ0v) is 14.4. The Morgan fingerprint density at radius 2 is 1.76 bits per heavy atom. The minimum Gasteiger partial charge on any atom is -0.322 e. The summed E-state index contributed by atoms with van der Waals surface area (Å²) in [5, 5.41) is 2.61. The van der Waals surface area contributed by atoms with Crippen LogP contribution in [0.4, 0.5) is 10.1 Å². The molecule has 2 aromatic rings. The number of benzene rings is 2. The summed E-state index contributed by atoms with van der Waals surface area (Å²) in [4.78, 5) is 12.2. The van der Waals surface area contributed by atoms with E-state index in [1.54, 1.807) is 30.3 Å². The quantitative estimate of drug-likeness (QED) is 0.889. The zero-order chi connectivity index (χ0) is 17.9. The summed E-state index contributed by atoms with van der Waals surface area (Å²) in [5.74, 6) is -0.876. The lowest BCUT2D eigenvalue weighted by atomic mass is 10.1. The minimum absolute atomic E-state index is 0.0706. The molecule has 1 fully saturated rings. The Hall–Kier alpha value is -2.25. The summed E-state index contributed by atoms with van der Waals surface area (Å²) < 4.78 is 39.3. The van der Waals surface area contributed by atoms with Gasteiger partial charge in [-0.2, -0.15) is 0 Å². The van der Waals surface area contributed by atoms with Gasteiger partial charge in [-0.1, -0.05) is 18.2 Å². The van der Waals surface area contributed by atoms with Crippen LogP contribution in [0.15, 0.2) is 48.5 Å². The molecule has 25 heavy (non-hydrogen) atoms. The molecule has 1 saturated heterocycles. The fraction of sp³-hybridized carbons (Fsp3) is 0.278. The molecule has 2 aromatic carbocycles. The molecule has 5 nitrogen and oxygen atoms in total. The number of nitrogens with one attached hydrogen (secondary N) is 1. The molecule has 0 bridgehead atoms. The van der Waals surface area contributed by atoms with Gasteiger partial charge in [0.1, 0.15) is 5.82 Å². The number of nitrogens with zero attached hydrogens (tertiary/aromatic N) is 1. The fourth-order valence-electron chi connectivity index (χ4n) is 2.79. The van der Waals surface area contributed by atoms with E-state index in [-0.39, 0.29) is 11.7 Å². The van der Waals surface area contributed by atoms with Crippen molar-refractivity contribution >= 4 is 21.6 Å². The molecule has 1 amide bonds. The summed E-state index contributed by atoms with van der Waals surface area (Å²) in [5.41, 5.74) is 1.38. The number of halogens is 1. The van der Waals surface area contributed by atoms with Gasteiger partial charge in [0.15, 0.2) is 0 Å². The van der Waals surface area contributed by atoms with Crippen LogP contribution in [0.5, 0.6) is 0 Å². The number of rotatable bonds is 5. The smallest absolute Gasteiger partial charge is 0.255 e. The van der Waals surface area contributed by atoms with Crippen molar-refractivity contribution in [3.63, 3.8) is 0 Å². The number of anilines is 1. The van der Waals surface area contributed by atoms with E-state index in [2.05, 4.69) is 5.32 Å². The van der Waals surface area contributed by atoms with Crippen LogP contribution in [0.3, 0.4) is 0 Å². The van der Waals surface area contributed by atoms with Crippen LogP contribution in [0, 0.1) is 5.82 Å². The number of carbonyl (C=O) groups is 1. The third-order valence-electron chi connectivity index (χ3n) is 4.11. The maximum Gasteiger partial charge on any atom is 0.255 e. The van der Waals surface area contributed by atoms with Crippen molar-refractivity contribution in [1.29, 1.82) is 0 Å². The highest BCUT2D eigenvalue weighted by molar-refractivity contribution is 7.88. The SMILES string of the molecule is O=C(Nc1cccc(F)c1)c1ccc(CS(=O)(=O)N2CCCC2)cc1. The zero-order valence-electron chi connectivity index (χ0n) is 13.6. The molecule has 0 unspecified atom stereocenters. The van der Waals surface area contributed by atoms with Gasteiger partial charge >= 0.3 is 0 Å². The van der Waals surface area contributed by atoms with Crippen LogP contribution in [0.2, 0.25) is 0 Å². The average molecular weight is 362 g/mol. The maximum absolute atomic E-state index is 13.1. The van der Waals surface area contributed by atoms with E-state index in [0.717, 1.165) is 12.8 Å². The van der Waals surface area contributed by atoms with Crippen LogP contribution in [-0.2, 0) is 15.8 Å². The molecular formula is C18H19FN2O3S. The van der Waals surface area contributed by atoms with Gasteiger partial charge in [-0.15, -0.1) is 0 Å². The topological polar surface area (TPSA) is 66.5 Å². The lowest BCUT2D eigenvalue weighted by molar-refractivity contribution is 0.102. The van der Waals surface area contributed by atoms with Crippen LogP contribution in [-0.4, -0.2) is 31.7 Å². The normalized spacial score (nSPS) is 15.2. The Morgan fingerprint density at radius 1 is 1.08 bits per heavy atom. The molecule has 1 aliphatic rings. The summed E-state index contributed by atoms with van der Waals surface area (Å²) in [7, 11) is -3.31. The first-order chi connectivity index (χ1) is 11.9. The lowest BCUT2D eigenvalue weighted by Crippen LogP contribution is -2.29. The molecule has 0 saturated carbocycles. The van der Waals surface area contributed by atoms with Crippen LogP contribution >= 0.6 is 0 Å². The predicted molar refractivity (Wildman–Crippen MR) is 94.2 cm³/mol. The van der Waals surface area contributed by atoms with Crippen molar-refractivity contribution in [2.45, 2.75) is 18.6 Å². The number of hydrogen-bond donors (Lipinski definition) is 1. The Balaban J connectivity index is 1.66. The molecule has 3 rings (SSSR count). The number of carbonyl (C=O) groups excluding carboxylic acids is 1. The molecule has 0 atom stereocenters. The van der Waals surface area contributed by atoms with Crippen molar-refractivity contribution in [2.24, 2.45) is 0 Å². The van der Waals surface area contributed by atoms with Gasteiger partial charge in [0.05, 0.1) is 5.75 Å². The highest BCUT2D eigenvalue weighted by Gasteiger charge is 2.25. The fourth-order valence-corrected chi connectivity index (χ4v) is 4.40. The van der Waals surface area contributed by atoms with E-state index < -0.39 is 15.8 Å². The molecule has 7 heteroatoms. The Bertz CT molecular complexity index is 860. The lowest BCUT2D eigenvalue weighted by Gasteiger charge is -2.15. The second kappa shape index (κ2) is 7.33. The summed E-state index contributed by atoms with van der Waals surface area (Å²) >= 11 is 0. The van der Waals surface area contributed by atoms with Crippen molar-refractivity contribution < 1.29 is 17.6 Å². The summed E-state index contributed by atoms with van der Waals surface area (Å²) in [6.45, 7) is 1.16. The first-order valence-electron chi connectivity index (χ1n) is 8.08. The first kappa shape index (κ1) is 17.6. The van der Waals surface area contributed by atoms with Crippen LogP contribution in [0.25, 0.3) is 0 Å². The van der Waals surface area contributed by atoms with Gasteiger partial charge in [-0.3, -0.25) is 4.79 Å². The second-order valence-electron chi connectivity index (χ2n) is 6.02. The maximum atomic E-state index is 13.1. The first-order valence-corrected chi connectivity index (χ1v) is 9.69. The Kier molecular flexibility index (Phi) is 5.15. The molecule has 0 radical (unpaired) electrons. The molecule has 132 valence electrons. The summed E-state index contributed by atoms with van der Waals surface area (Å²) in [6, 6.07) is 12.0. The van der Waals surface area contributed by atoms with Gasteiger partial charge in [0.2, 0.25) is 10.0 Å². The van der Waals surface area contributed by atoms with Crippen molar-refractivity contribution in [3.8, 4) is 0 Å². The predicted octanol–water partition coefficient (Wildman–Crippen LogP) is 3.00. The molecule has 1 aliphatic heterocycles. The Labute approximate surface area is 146 Å². The average Bonchev–Trinajstić information content (AvgIpc) is 3.10. The van der Waals surface area contributed by atoms with Gasteiger partial charge in [-0.05, 0) is 48.7 Å². The highest BCUT2D eigenvalue weighted by Crippen LogP contribution is 2.18. The summed E-state index contributed by atoms with van der Waals surface area (Å²) in [6.07, 6.45) is 1.80. The monoisotopic (exact) mass is 362 g/mol. The van der Waals surface area contributed by atoms with Crippen molar-refractivity contribution in [2.75, 3.05) is 18.4 Å². The third kappa shape index (κ3) is 4.43. The van der Waals surface area contributed by atoms with Gasteiger partial charge in [0, 0.05) is 24.3 Å². The van der Waals surface area contributed by atoms with E-state index in [0.29, 0.717) is 29.9 Å². The second-order valence-corrected chi connectivity index (χ2v) is 7.99. The van der Waals surface area contributed by atoms with E-state index in [1.807, 2.05) is 0 Å². The van der Waals surface area contributed by atoms with Crippen molar-refractivity contribution in [1.82, 2.24) is 4.31 Å². The molecular weight excluding hydrogens is 343 g/mol. The highest BCUT2D eigenvalue weighted by atomic mass is 32.2. The Morgan fingerprint density at radius 3 is 2.40 bits per heavy atom. The van der Waals surface area contributed by atoms with Crippen molar-refractivity contribution in [3.05, 3.63) is 65.5 Å². The molecule has 0 spiro atoms. The van der Waals surface area contributed by atoms with Gasteiger partial charge in [-0.25, -0.2) is 17.1 Å². The van der Waals surface area contributed by atoms with Crippen LogP contribution in [0.1, 0.15) is 28.8 Å². The van der Waals surface area contributed by atoms with E-state index in [1.165, 1.54) is 22.5 Å². The number of amides is 1. The van der Waals surface area contributed by atoms with Crippen LogP contribution < -0.4 is 5.32 Å². The van der Waals surface area contributed by atoms with Gasteiger partial charge in [0.25, 0.3) is 5.91 Å². The van der Waals surface area contributed by atoms with E-state index >= 15 is 0 Å². The molecule has 1 N–H and O–H groups in total. The molecule has 0 aliphatic carbocycles. The third-order valence-corrected chi connectivity index (χ3v) is 5.96. The van der Waals surface area contributed by atoms with E-state index in [4.69, 9.17) is 0 Å².